The molecule has 1 saturated carbocycles. The summed E-state index contributed by atoms with van der Waals surface area (Å²) < 4.78 is 5.71. The third kappa shape index (κ3) is 6.21. The third-order valence-corrected chi connectivity index (χ3v) is 5.73. The summed E-state index contributed by atoms with van der Waals surface area (Å²) in [6.45, 7) is 4.65. The summed E-state index contributed by atoms with van der Waals surface area (Å²) in [5, 5.41) is 0. The molecule has 1 fully saturated rings. The second-order valence-corrected chi connectivity index (χ2v) is 8.00. The van der Waals surface area contributed by atoms with Crippen molar-refractivity contribution in [3.05, 3.63) is 59.5 Å². The van der Waals surface area contributed by atoms with Crippen molar-refractivity contribution in [2.45, 2.75) is 65.0 Å². The van der Waals surface area contributed by atoms with Crippen molar-refractivity contribution < 1.29 is 14.0 Å². The molecule has 0 saturated heterocycles. The molecule has 0 N–H and O–H groups in total. The topological polar surface area (TPSA) is 53.8 Å². The number of aryl methyl sites for hydroxylation is 1. The molecule has 5 nitrogen and oxygen atoms in total. The lowest BCUT2D eigenvalue weighted by atomic mass is 9.94. The van der Waals surface area contributed by atoms with Crippen molar-refractivity contribution in [1.82, 2.24) is 9.80 Å². The van der Waals surface area contributed by atoms with Gasteiger partial charge in [-0.25, -0.2) is 0 Å². The molecular formula is C24H32N2O3. The van der Waals surface area contributed by atoms with Crippen LogP contribution >= 0.6 is 0 Å². The van der Waals surface area contributed by atoms with Crippen LogP contribution in [0.15, 0.2) is 46.9 Å². The van der Waals surface area contributed by atoms with Gasteiger partial charge in [-0.2, -0.15) is 0 Å². The Morgan fingerprint density at radius 3 is 2.38 bits per heavy atom. The molecule has 29 heavy (non-hydrogen) atoms. The lowest BCUT2D eigenvalue weighted by molar-refractivity contribution is -0.142. The van der Waals surface area contributed by atoms with Crippen molar-refractivity contribution in [1.29, 1.82) is 0 Å². The Morgan fingerprint density at radius 1 is 1.03 bits per heavy atom. The molecule has 1 aromatic heterocycles. The number of amides is 2. The summed E-state index contributed by atoms with van der Waals surface area (Å²) in [7, 11) is 0. The molecule has 0 bridgehead atoms. The molecule has 1 aliphatic carbocycles. The number of hydrogen-bond donors (Lipinski definition) is 0. The number of nitrogens with zero attached hydrogens (tertiary/aromatic N) is 2. The van der Waals surface area contributed by atoms with E-state index in [9.17, 15) is 9.59 Å². The normalized spacial score (nSPS) is 14.6. The Labute approximate surface area is 173 Å². The minimum atomic E-state index is -0.0178. The zero-order valence-electron chi connectivity index (χ0n) is 17.6. The Hall–Kier alpha value is -2.56. The van der Waals surface area contributed by atoms with Gasteiger partial charge in [-0.3, -0.25) is 9.59 Å². The van der Waals surface area contributed by atoms with Crippen LogP contribution in [-0.4, -0.2) is 40.7 Å². The van der Waals surface area contributed by atoms with E-state index in [4.69, 9.17) is 4.42 Å². The van der Waals surface area contributed by atoms with E-state index >= 15 is 0 Å². The molecule has 1 aromatic carbocycles. The van der Waals surface area contributed by atoms with Crippen LogP contribution in [0.25, 0.3) is 0 Å². The Balaban J connectivity index is 1.70. The summed E-state index contributed by atoms with van der Waals surface area (Å²) in [5.74, 6) is 1.58. The van der Waals surface area contributed by atoms with Crippen LogP contribution in [0.2, 0.25) is 0 Å². The van der Waals surface area contributed by atoms with Gasteiger partial charge in [0.2, 0.25) is 11.8 Å². The summed E-state index contributed by atoms with van der Waals surface area (Å²) >= 11 is 0. The molecule has 1 aliphatic rings. The molecule has 0 aliphatic heterocycles. The zero-order valence-corrected chi connectivity index (χ0v) is 17.6. The average Bonchev–Trinajstić information content (AvgIpc) is 3.15. The summed E-state index contributed by atoms with van der Waals surface area (Å²) in [4.78, 5) is 29.1. The van der Waals surface area contributed by atoms with Gasteiger partial charge in [-0.1, -0.05) is 49.6 Å². The largest absolute Gasteiger partial charge is 0.464 e. The van der Waals surface area contributed by atoms with Crippen molar-refractivity contribution in [2.24, 2.45) is 0 Å². The molecule has 2 aromatic rings. The minimum absolute atomic E-state index is 0.0119. The molecule has 5 heteroatoms. The van der Waals surface area contributed by atoms with Gasteiger partial charge in [0.25, 0.3) is 0 Å². The van der Waals surface area contributed by atoms with Crippen LogP contribution in [0.5, 0.6) is 0 Å². The average molecular weight is 397 g/mol. The summed E-state index contributed by atoms with van der Waals surface area (Å²) in [6, 6.07) is 14.2. The number of hydrogen-bond acceptors (Lipinski definition) is 3. The smallest absolute Gasteiger partial charge is 0.242 e. The molecular weight excluding hydrogens is 364 g/mol. The van der Waals surface area contributed by atoms with Gasteiger partial charge >= 0.3 is 0 Å². The fourth-order valence-electron chi connectivity index (χ4n) is 4.09. The van der Waals surface area contributed by atoms with Gasteiger partial charge in [0.15, 0.2) is 0 Å². The van der Waals surface area contributed by atoms with Crippen LogP contribution in [0.1, 0.15) is 56.1 Å². The van der Waals surface area contributed by atoms with Crippen LogP contribution < -0.4 is 0 Å². The van der Waals surface area contributed by atoms with Crippen LogP contribution in [0.3, 0.4) is 0 Å². The third-order valence-electron chi connectivity index (χ3n) is 5.73. The first-order valence-electron chi connectivity index (χ1n) is 10.7. The molecule has 2 amide bonds. The maximum Gasteiger partial charge on any atom is 0.242 e. The summed E-state index contributed by atoms with van der Waals surface area (Å²) in [6.07, 6.45) is 6.24. The molecule has 0 unspecified atom stereocenters. The monoisotopic (exact) mass is 396 g/mol. The van der Waals surface area contributed by atoms with E-state index in [2.05, 4.69) is 12.1 Å². The Kier molecular flexibility index (Phi) is 7.50. The second kappa shape index (κ2) is 10.3. The highest BCUT2D eigenvalue weighted by molar-refractivity contribution is 5.84. The number of furan rings is 1. The lowest BCUT2D eigenvalue weighted by Crippen LogP contribution is -2.47. The predicted octanol–water partition coefficient (Wildman–Crippen LogP) is 4.34. The zero-order chi connectivity index (χ0) is 20.6. The number of carbonyl (C=O) groups excluding carboxylic acids is 2. The van der Waals surface area contributed by atoms with Gasteiger partial charge in [0.1, 0.15) is 18.1 Å². The second-order valence-electron chi connectivity index (χ2n) is 8.00. The molecule has 156 valence electrons. The van der Waals surface area contributed by atoms with Crippen LogP contribution in [0, 0.1) is 6.92 Å². The lowest BCUT2D eigenvalue weighted by Gasteiger charge is -2.34. The standard InChI is InChI=1S/C24H32N2O3/c1-19-13-14-23(29-19)17-25(16-15-21-9-5-3-6-10-21)24(28)18-26(20(2)27)22-11-7-4-8-12-22/h3,5-6,9-10,13-14,22H,4,7-8,11-12,15-18H2,1-2H3. The highest BCUT2D eigenvalue weighted by Crippen LogP contribution is 2.23. The van der Waals surface area contributed by atoms with E-state index in [0.29, 0.717) is 13.1 Å². The van der Waals surface area contributed by atoms with Gasteiger partial charge in [-0.15, -0.1) is 0 Å². The van der Waals surface area contributed by atoms with E-state index in [0.717, 1.165) is 43.6 Å². The van der Waals surface area contributed by atoms with E-state index in [1.807, 2.05) is 42.2 Å². The molecule has 0 radical (unpaired) electrons. The quantitative estimate of drug-likeness (QED) is 0.667. The van der Waals surface area contributed by atoms with Crippen molar-refractivity contribution >= 4 is 11.8 Å². The van der Waals surface area contributed by atoms with Crippen LogP contribution in [0.4, 0.5) is 0 Å². The predicted molar refractivity (Wildman–Crippen MR) is 113 cm³/mol. The molecule has 0 atom stereocenters. The van der Waals surface area contributed by atoms with Gasteiger partial charge < -0.3 is 14.2 Å². The van der Waals surface area contributed by atoms with Gasteiger partial charge in [-0.05, 0) is 43.9 Å². The van der Waals surface area contributed by atoms with E-state index in [1.165, 1.54) is 12.0 Å². The highest BCUT2D eigenvalue weighted by Gasteiger charge is 2.27. The molecule has 1 heterocycles. The van der Waals surface area contributed by atoms with Crippen LogP contribution in [-0.2, 0) is 22.6 Å². The number of carbonyl (C=O) groups is 2. The van der Waals surface area contributed by atoms with Gasteiger partial charge in [0.05, 0.1) is 6.54 Å². The SMILES string of the molecule is CC(=O)N(CC(=O)N(CCc1ccccc1)Cc1ccc(C)o1)C1CCCCC1. The Bertz CT molecular complexity index is 793. The molecule has 0 spiro atoms. The number of rotatable bonds is 8. The molecule has 3 rings (SSSR count). The Morgan fingerprint density at radius 2 is 1.76 bits per heavy atom. The first kappa shape index (κ1) is 21.2. The highest BCUT2D eigenvalue weighted by atomic mass is 16.3. The van der Waals surface area contributed by atoms with Crippen molar-refractivity contribution in [3.63, 3.8) is 0 Å². The van der Waals surface area contributed by atoms with E-state index in [-0.39, 0.29) is 24.4 Å². The van der Waals surface area contributed by atoms with Crippen molar-refractivity contribution in [2.75, 3.05) is 13.1 Å². The maximum atomic E-state index is 13.2. The van der Waals surface area contributed by atoms with Gasteiger partial charge in [0, 0.05) is 19.5 Å². The fourth-order valence-corrected chi connectivity index (χ4v) is 4.09. The van der Waals surface area contributed by atoms with Crippen molar-refractivity contribution in [3.8, 4) is 0 Å². The van der Waals surface area contributed by atoms with E-state index in [1.54, 1.807) is 11.8 Å². The maximum absolute atomic E-state index is 13.2. The number of benzene rings is 1. The van der Waals surface area contributed by atoms with E-state index < -0.39 is 0 Å². The first-order chi connectivity index (χ1) is 14.0. The minimum Gasteiger partial charge on any atom is -0.464 e. The first-order valence-corrected chi connectivity index (χ1v) is 10.7. The fraction of sp³-hybridized carbons (Fsp3) is 0.500. The summed E-state index contributed by atoms with van der Waals surface area (Å²) in [5.41, 5.74) is 1.19.